The summed E-state index contributed by atoms with van der Waals surface area (Å²) < 4.78 is 10.0. The number of methoxy groups -OCH3 is 1. The molecule has 0 heterocycles. The molecule has 1 rings (SSSR count). The van der Waals surface area contributed by atoms with Crippen molar-refractivity contribution in [2.75, 3.05) is 33.9 Å². The second-order valence-electron chi connectivity index (χ2n) is 4.59. The number of aliphatic hydroxyl groups excluding tert-OH is 1. The Bertz CT molecular complexity index is 425. The van der Waals surface area contributed by atoms with Gasteiger partial charge >= 0.3 is 5.97 Å². The number of benzene rings is 1. The smallest absolute Gasteiger partial charge is 0.319 e. The van der Waals surface area contributed by atoms with Crippen LogP contribution in [0, 0.1) is 0 Å². The normalized spacial score (nSPS) is 12.2. The van der Waals surface area contributed by atoms with Crippen LogP contribution >= 0.6 is 0 Å². The Morgan fingerprint density at radius 2 is 2.25 bits per heavy atom. The van der Waals surface area contributed by atoms with E-state index in [0.29, 0.717) is 18.8 Å². The van der Waals surface area contributed by atoms with Gasteiger partial charge in [-0.25, -0.2) is 0 Å². The van der Waals surface area contributed by atoms with Crippen LogP contribution in [0.5, 0.6) is 5.75 Å². The summed E-state index contributed by atoms with van der Waals surface area (Å²) in [5.74, 6) is 0.332. The minimum absolute atomic E-state index is 0.135. The molecule has 0 aliphatic heterocycles. The first-order chi connectivity index (χ1) is 9.55. The van der Waals surface area contributed by atoms with Crippen LogP contribution in [0.4, 0.5) is 0 Å². The second-order valence-corrected chi connectivity index (χ2v) is 4.59. The predicted octanol–water partition coefficient (Wildman–Crippen LogP) is -0.0102. The van der Waals surface area contributed by atoms with Gasteiger partial charge in [0, 0.05) is 13.1 Å². The fourth-order valence-electron chi connectivity index (χ4n) is 1.72. The van der Waals surface area contributed by atoms with Gasteiger partial charge in [-0.3, -0.25) is 9.69 Å². The molecule has 0 bridgehead atoms. The molecule has 6 nitrogen and oxygen atoms in total. The van der Waals surface area contributed by atoms with Crippen molar-refractivity contribution in [2.45, 2.75) is 12.6 Å². The summed E-state index contributed by atoms with van der Waals surface area (Å²) in [6.07, 6.45) is -0.689. The Hall–Kier alpha value is -1.63. The Morgan fingerprint density at radius 1 is 1.50 bits per heavy atom. The molecule has 1 aromatic carbocycles. The third-order valence-corrected chi connectivity index (χ3v) is 2.73. The molecular weight excluding hydrogens is 260 g/mol. The molecule has 0 aliphatic rings. The number of carbonyl (C=O) groups is 1. The topological polar surface area (TPSA) is 85.0 Å². The lowest BCUT2D eigenvalue weighted by Gasteiger charge is -2.19. The number of likely N-dealkylation sites (N-methyl/N-ethyl adjacent to an activating group) is 1. The summed E-state index contributed by atoms with van der Waals surface area (Å²) in [6, 6.07) is 7.41. The van der Waals surface area contributed by atoms with Crippen LogP contribution in [0.2, 0.25) is 0 Å². The standard InChI is InChI=1S/C14H22N2O4/c1-16(9-14(18)19-2)8-12(17)10-20-13-5-3-4-11(6-13)7-15/h3-6,12,17H,7-10,15H2,1-2H3. The number of hydrogen-bond acceptors (Lipinski definition) is 6. The van der Waals surface area contributed by atoms with Gasteiger partial charge in [-0.15, -0.1) is 0 Å². The van der Waals surface area contributed by atoms with Crippen LogP contribution < -0.4 is 10.5 Å². The van der Waals surface area contributed by atoms with Crippen LogP contribution in [0.1, 0.15) is 5.56 Å². The SMILES string of the molecule is COC(=O)CN(C)CC(O)COc1cccc(CN)c1. The van der Waals surface area contributed by atoms with Gasteiger partial charge in [0.25, 0.3) is 0 Å². The molecule has 0 saturated carbocycles. The van der Waals surface area contributed by atoms with Gasteiger partial charge in [0.05, 0.1) is 13.7 Å². The van der Waals surface area contributed by atoms with Gasteiger partial charge in [-0.2, -0.15) is 0 Å². The number of nitrogens with two attached hydrogens (primary N) is 1. The van der Waals surface area contributed by atoms with Crippen molar-refractivity contribution in [3.05, 3.63) is 29.8 Å². The Balaban J connectivity index is 2.35. The number of esters is 1. The molecule has 0 aromatic heterocycles. The maximum atomic E-state index is 11.1. The van der Waals surface area contributed by atoms with Crippen molar-refractivity contribution in [1.82, 2.24) is 4.90 Å². The lowest BCUT2D eigenvalue weighted by Crippen LogP contribution is -2.36. The van der Waals surface area contributed by atoms with Gasteiger partial charge in [-0.05, 0) is 24.7 Å². The molecule has 0 saturated heterocycles. The molecule has 1 unspecified atom stereocenters. The zero-order valence-electron chi connectivity index (χ0n) is 11.9. The van der Waals surface area contributed by atoms with Crippen molar-refractivity contribution in [3.8, 4) is 5.75 Å². The van der Waals surface area contributed by atoms with E-state index in [1.54, 1.807) is 11.9 Å². The minimum Gasteiger partial charge on any atom is -0.491 e. The Kier molecular flexibility index (Phi) is 7.00. The monoisotopic (exact) mass is 282 g/mol. The number of hydrogen-bond donors (Lipinski definition) is 2. The Morgan fingerprint density at radius 3 is 2.90 bits per heavy atom. The van der Waals surface area contributed by atoms with E-state index < -0.39 is 6.10 Å². The fourth-order valence-corrected chi connectivity index (χ4v) is 1.72. The van der Waals surface area contributed by atoms with E-state index in [9.17, 15) is 9.90 Å². The summed E-state index contributed by atoms with van der Waals surface area (Å²) in [7, 11) is 3.06. The minimum atomic E-state index is -0.689. The largest absolute Gasteiger partial charge is 0.491 e. The van der Waals surface area contributed by atoms with Crippen LogP contribution in [0.15, 0.2) is 24.3 Å². The highest BCUT2D eigenvalue weighted by molar-refractivity contribution is 5.71. The van der Waals surface area contributed by atoms with Crippen molar-refractivity contribution in [3.63, 3.8) is 0 Å². The molecule has 0 radical (unpaired) electrons. The number of rotatable bonds is 8. The van der Waals surface area contributed by atoms with E-state index in [4.69, 9.17) is 10.5 Å². The van der Waals surface area contributed by atoms with Crippen LogP contribution in [0.25, 0.3) is 0 Å². The molecule has 0 aliphatic carbocycles. The molecule has 6 heteroatoms. The maximum Gasteiger partial charge on any atom is 0.319 e. The number of nitrogens with zero attached hydrogens (tertiary/aromatic N) is 1. The predicted molar refractivity (Wildman–Crippen MR) is 75.3 cm³/mol. The maximum absolute atomic E-state index is 11.1. The van der Waals surface area contributed by atoms with E-state index in [1.165, 1.54) is 7.11 Å². The first kappa shape index (κ1) is 16.4. The van der Waals surface area contributed by atoms with Gasteiger partial charge in [0.1, 0.15) is 18.5 Å². The molecule has 3 N–H and O–H groups in total. The molecule has 0 amide bonds. The summed E-state index contributed by atoms with van der Waals surface area (Å²) >= 11 is 0. The third kappa shape index (κ3) is 6.01. The van der Waals surface area contributed by atoms with E-state index in [2.05, 4.69) is 4.74 Å². The van der Waals surface area contributed by atoms with Gasteiger partial charge in [0.15, 0.2) is 0 Å². The lowest BCUT2D eigenvalue weighted by atomic mass is 10.2. The lowest BCUT2D eigenvalue weighted by molar-refractivity contribution is -0.141. The highest BCUT2D eigenvalue weighted by atomic mass is 16.5. The fraction of sp³-hybridized carbons (Fsp3) is 0.500. The van der Waals surface area contributed by atoms with Gasteiger partial charge in [0.2, 0.25) is 0 Å². The second kappa shape index (κ2) is 8.52. The summed E-state index contributed by atoms with van der Waals surface area (Å²) in [5.41, 5.74) is 6.52. The van der Waals surface area contributed by atoms with Crippen molar-refractivity contribution < 1.29 is 19.4 Å². The molecule has 0 spiro atoms. The molecular formula is C14H22N2O4. The zero-order valence-corrected chi connectivity index (χ0v) is 11.9. The summed E-state index contributed by atoms with van der Waals surface area (Å²) in [5, 5.41) is 9.85. The molecule has 0 fully saturated rings. The molecule has 1 aromatic rings. The molecule has 20 heavy (non-hydrogen) atoms. The zero-order chi connectivity index (χ0) is 15.0. The highest BCUT2D eigenvalue weighted by Crippen LogP contribution is 2.13. The van der Waals surface area contributed by atoms with Crippen molar-refractivity contribution >= 4 is 5.97 Å². The van der Waals surface area contributed by atoms with Crippen LogP contribution in [0.3, 0.4) is 0 Å². The summed E-state index contributed by atoms with van der Waals surface area (Å²) in [6.45, 7) is 1.06. The number of aliphatic hydroxyl groups is 1. The third-order valence-electron chi connectivity index (χ3n) is 2.73. The van der Waals surface area contributed by atoms with Gasteiger partial charge < -0.3 is 20.3 Å². The van der Waals surface area contributed by atoms with Crippen molar-refractivity contribution in [1.29, 1.82) is 0 Å². The first-order valence-corrected chi connectivity index (χ1v) is 6.40. The number of carbonyl (C=O) groups excluding carboxylic acids is 1. The van der Waals surface area contributed by atoms with E-state index in [-0.39, 0.29) is 19.1 Å². The van der Waals surface area contributed by atoms with Crippen LogP contribution in [-0.4, -0.2) is 55.9 Å². The van der Waals surface area contributed by atoms with E-state index >= 15 is 0 Å². The average molecular weight is 282 g/mol. The van der Waals surface area contributed by atoms with Gasteiger partial charge in [-0.1, -0.05) is 12.1 Å². The summed E-state index contributed by atoms with van der Waals surface area (Å²) in [4.78, 5) is 12.7. The highest BCUT2D eigenvalue weighted by Gasteiger charge is 2.12. The molecule has 112 valence electrons. The first-order valence-electron chi connectivity index (χ1n) is 6.40. The van der Waals surface area contributed by atoms with Crippen LogP contribution in [-0.2, 0) is 16.1 Å². The Labute approximate surface area is 119 Å². The van der Waals surface area contributed by atoms with E-state index in [1.807, 2.05) is 24.3 Å². The molecule has 1 atom stereocenters. The quantitative estimate of drug-likeness (QED) is 0.652. The number of ether oxygens (including phenoxy) is 2. The average Bonchev–Trinajstić information content (AvgIpc) is 2.45. The van der Waals surface area contributed by atoms with Crippen molar-refractivity contribution in [2.24, 2.45) is 5.73 Å². The van der Waals surface area contributed by atoms with E-state index in [0.717, 1.165) is 5.56 Å².